The zero-order chi connectivity index (χ0) is 24.8. The Labute approximate surface area is 192 Å². The lowest BCUT2D eigenvalue weighted by molar-refractivity contribution is -0.158. The smallest absolute Gasteiger partial charge is 0.324 e. The van der Waals surface area contributed by atoms with E-state index >= 15 is 0 Å². The number of carbonyl (C=O) groups is 4. The fourth-order valence-corrected chi connectivity index (χ4v) is 4.13. The molecule has 0 spiro atoms. The van der Waals surface area contributed by atoms with Crippen LogP contribution < -0.4 is 15.5 Å². The van der Waals surface area contributed by atoms with Gasteiger partial charge in [-0.1, -0.05) is 42.0 Å². The Morgan fingerprint density at radius 2 is 1.74 bits per heavy atom. The maximum absolute atomic E-state index is 13.9. The van der Waals surface area contributed by atoms with E-state index in [-0.39, 0.29) is 11.4 Å². The van der Waals surface area contributed by atoms with Gasteiger partial charge in [-0.15, -0.1) is 0 Å². The molecule has 0 aromatic heterocycles. The molecule has 0 aliphatic carbocycles. The van der Waals surface area contributed by atoms with Gasteiger partial charge < -0.3 is 10.6 Å². The van der Waals surface area contributed by atoms with E-state index in [0.717, 1.165) is 5.56 Å². The zero-order valence-electron chi connectivity index (χ0n) is 18.3. The van der Waals surface area contributed by atoms with Crippen molar-refractivity contribution in [2.45, 2.75) is 38.0 Å². The lowest BCUT2D eigenvalue weighted by atomic mass is 9.91. The van der Waals surface area contributed by atoms with Crippen LogP contribution in [0, 0.1) is 6.92 Å². The number of amides is 5. The molecule has 0 bridgehead atoms. The average Bonchev–Trinajstić information content (AvgIpc) is 2.89. The summed E-state index contributed by atoms with van der Waals surface area (Å²) in [6.07, 6.45) is -5.96. The molecule has 5 amide bonds. The predicted molar refractivity (Wildman–Crippen MR) is 116 cm³/mol. The van der Waals surface area contributed by atoms with Gasteiger partial charge >= 0.3 is 12.2 Å². The quantitative estimate of drug-likeness (QED) is 0.668. The number of nitrogens with zero attached hydrogens (tertiary/aromatic N) is 2. The SMILES string of the molecule is Cc1ccc([C@]2(C)NC(=O)N(CC(=O)N3c4ccccc4NC(=O)C[C@@H]3C(F)(F)F)C2=O)cc1. The number of hydrogen-bond acceptors (Lipinski definition) is 4. The van der Waals surface area contributed by atoms with Crippen molar-refractivity contribution in [2.24, 2.45) is 0 Å². The van der Waals surface area contributed by atoms with Crippen molar-refractivity contribution < 1.29 is 32.3 Å². The zero-order valence-corrected chi connectivity index (χ0v) is 18.3. The van der Waals surface area contributed by atoms with Crippen LogP contribution in [-0.4, -0.2) is 47.4 Å². The van der Waals surface area contributed by atoms with E-state index in [0.29, 0.717) is 15.4 Å². The number of imide groups is 1. The lowest BCUT2D eigenvalue weighted by Gasteiger charge is -2.32. The number of carbonyl (C=O) groups excluding carboxylic acids is 4. The molecule has 178 valence electrons. The molecule has 11 heteroatoms. The van der Waals surface area contributed by atoms with E-state index in [2.05, 4.69) is 10.6 Å². The molecular weight excluding hydrogens is 453 g/mol. The fourth-order valence-electron chi connectivity index (χ4n) is 4.13. The Hall–Kier alpha value is -3.89. The summed E-state index contributed by atoms with van der Waals surface area (Å²) in [5.41, 5.74) is -0.238. The Morgan fingerprint density at radius 3 is 2.38 bits per heavy atom. The van der Waals surface area contributed by atoms with Crippen molar-refractivity contribution in [1.29, 1.82) is 0 Å². The minimum absolute atomic E-state index is 0.0225. The lowest BCUT2D eigenvalue weighted by Crippen LogP contribution is -2.53. The third-order valence-corrected chi connectivity index (χ3v) is 5.97. The summed E-state index contributed by atoms with van der Waals surface area (Å²) in [6.45, 7) is 2.38. The summed E-state index contributed by atoms with van der Waals surface area (Å²) in [5, 5.41) is 4.90. The highest BCUT2D eigenvalue weighted by Gasteiger charge is 2.52. The molecule has 1 fully saturated rings. The first kappa shape index (κ1) is 23.3. The van der Waals surface area contributed by atoms with Crippen LogP contribution in [-0.2, 0) is 19.9 Å². The van der Waals surface area contributed by atoms with E-state index in [1.165, 1.54) is 31.2 Å². The number of nitrogens with one attached hydrogen (secondary N) is 2. The van der Waals surface area contributed by atoms with Crippen molar-refractivity contribution in [1.82, 2.24) is 10.2 Å². The first-order valence-corrected chi connectivity index (χ1v) is 10.4. The number of aryl methyl sites for hydroxylation is 1. The number of urea groups is 1. The molecule has 1 saturated heterocycles. The summed E-state index contributed by atoms with van der Waals surface area (Å²) < 4.78 is 41.7. The third kappa shape index (κ3) is 3.97. The molecule has 4 rings (SSSR count). The van der Waals surface area contributed by atoms with Gasteiger partial charge in [0.1, 0.15) is 18.1 Å². The van der Waals surface area contributed by atoms with E-state index in [1.807, 2.05) is 6.92 Å². The highest BCUT2D eigenvalue weighted by Crippen LogP contribution is 2.38. The van der Waals surface area contributed by atoms with Crippen LogP contribution in [0.25, 0.3) is 0 Å². The van der Waals surface area contributed by atoms with Gasteiger partial charge in [-0.3, -0.25) is 24.2 Å². The number of rotatable bonds is 3. The maximum Gasteiger partial charge on any atom is 0.409 e. The van der Waals surface area contributed by atoms with Crippen molar-refractivity contribution in [3.8, 4) is 0 Å². The minimum atomic E-state index is -4.93. The van der Waals surface area contributed by atoms with Gasteiger partial charge in [0.15, 0.2) is 0 Å². The number of benzene rings is 2. The predicted octanol–water partition coefficient (Wildman–Crippen LogP) is 3.07. The van der Waals surface area contributed by atoms with E-state index in [1.54, 1.807) is 24.3 Å². The Morgan fingerprint density at radius 1 is 1.09 bits per heavy atom. The van der Waals surface area contributed by atoms with Crippen molar-refractivity contribution in [3.63, 3.8) is 0 Å². The van der Waals surface area contributed by atoms with Gasteiger partial charge in [-0.2, -0.15) is 13.2 Å². The van der Waals surface area contributed by atoms with E-state index in [4.69, 9.17) is 0 Å². The van der Waals surface area contributed by atoms with Gasteiger partial charge in [0.05, 0.1) is 17.8 Å². The first-order chi connectivity index (χ1) is 15.9. The van der Waals surface area contributed by atoms with Crippen LogP contribution in [0.4, 0.5) is 29.3 Å². The summed E-state index contributed by atoms with van der Waals surface area (Å²) in [6, 6.07) is 9.00. The molecule has 0 saturated carbocycles. The summed E-state index contributed by atoms with van der Waals surface area (Å²) >= 11 is 0. The molecular formula is C23H21F3N4O4. The second kappa shape index (κ2) is 8.15. The summed E-state index contributed by atoms with van der Waals surface area (Å²) in [4.78, 5) is 52.2. The van der Waals surface area contributed by atoms with Crippen molar-refractivity contribution in [3.05, 3.63) is 59.7 Å². The highest BCUT2D eigenvalue weighted by molar-refractivity contribution is 6.12. The number of fused-ring (bicyclic) bond motifs is 1. The molecule has 2 N–H and O–H groups in total. The minimum Gasteiger partial charge on any atom is -0.324 e. The van der Waals surface area contributed by atoms with Gasteiger partial charge in [-0.05, 0) is 31.5 Å². The first-order valence-electron chi connectivity index (χ1n) is 10.4. The third-order valence-electron chi connectivity index (χ3n) is 5.97. The van der Waals surface area contributed by atoms with Crippen LogP contribution in [0.2, 0.25) is 0 Å². The van der Waals surface area contributed by atoms with Crippen LogP contribution >= 0.6 is 0 Å². The standard InChI is InChI=1S/C23H21F3N4O4/c1-13-7-9-14(10-8-13)22(2)20(33)29(21(34)28-22)12-19(32)30-16-6-4-3-5-15(16)27-18(31)11-17(30)23(24,25)26/h3-10,17H,11-12H2,1-2H3,(H,27,31)(H,28,34)/t17-,22+/m1/s1. The molecule has 2 aromatic carbocycles. The topological polar surface area (TPSA) is 98.8 Å². The van der Waals surface area contributed by atoms with E-state index in [9.17, 15) is 32.3 Å². The summed E-state index contributed by atoms with van der Waals surface area (Å²) in [7, 11) is 0. The molecule has 2 atom stereocenters. The number of alkyl halides is 3. The molecule has 2 aliphatic rings. The highest BCUT2D eigenvalue weighted by atomic mass is 19.4. The number of halogens is 3. The normalized spacial score (nSPS) is 22.7. The van der Waals surface area contributed by atoms with Crippen LogP contribution in [0.5, 0.6) is 0 Å². The molecule has 0 unspecified atom stereocenters. The number of hydrogen-bond donors (Lipinski definition) is 2. The maximum atomic E-state index is 13.9. The largest absolute Gasteiger partial charge is 0.409 e. The van der Waals surface area contributed by atoms with Crippen molar-refractivity contribution in [2.75, 3.05) is 16.8 Å². The second-order valence-corrected chi connectivity index (χ2v) is 8.40. The van der Waals surface area contributed by atoms with Gasteiger partial charge in [0.2, 0.25) is 11.8 Å². The second-order valence-electron chi connectivity index (χ2n) is 8.40. The fraction of sp³-hybridized carbons (Fsp3) is 0.304. The van der Waals surface area contributed by atoms with Crippen molar-refractivity contribution >= 4 is 35.1 Å². The van der Waals surface area contributed by atoms with Gasteiger partial charge in [0.25, 0.3) is 5.91 Å². The molecule has 2 aromatic rings. The average molecular weight is 474 g/mol. The van der Waals surface area contributed by atoms with Crippen LogP contribution in [0.3, 0.4) is 0 Å². The van der Waals surface area contributed by atoms with Gasteiger partial charge in [0, 0.05) is 0 Å². The van der Waals surface area contributed by atoms with Crippen LogP contribution in [0.1, 0.15) is 24.5 Å². The molecule has 2 aliphatic heterocycles. The Balaban J connectivity index is 1.68. The van der Waals surface area contributed by atoms with Crippen LogP contribution in [0.15, 0.2) is 48.5 Å². The van der Waals surface area contributed by atoms with Gasteiger partial charge in [-0.25, -0.2) is 4.79 Å². The number of anilines is 2. The molecule has 2 heterocycles. The summed E-state index contributed by atoms with van der Waals surface area (Å²) in [5.74, 6) is -2.83. The monoisotopic (exact) mass is 474 g/mol. The molecule has 34 heavy (non-hydrogen) atoms. The Bertz CT molecular complexity index is 1180. The molecule has 8 nitrogen and oxygen atoms in total. The van der Waals surface area contributed by atoms with E-state index < -0.39 is 54.5 Å². The molecule has 0 radical (unpaired) electrons. The number of para-hydroxylation sites is 2. The Kier molecular flexibility index (Phi) is 5.58.